The molecule has 0 aromatic carbocycles. The van der Waals surface area contributed by atoms with Crippen LogP contribution in [0.2, 0.25) is 0 Å². The molecule has 2 amide bonds. The maximum absolute atomic E-state index is 12.6. The van der Waals surface area contributed by atoms with Crippen LogP contribution in [0.1, 0.15) is 20.3 Å². The molecular formula is C25H42N2O19. The number of hydrogen-bond donors (Lipinski definition) is 13. The van der Waals surface area contributed by atoms with Gasteiger partial charge in [-0.25, -0.2) is 4.79 Å². The lowest BCUT2D eigenvalue weighted by Crippen LogP contribution is -2.70. The van der Waals surface area contributed by atoms with Crippen LogP contribution < -0.4 is 10.6 Å². The molecule has 0 aromatic rings. The van der Waals surface area contributed by atoms with Crippen LogP contribution in [0.3, 0.4) is 0 Å². The van der Waals surface area contributed by atoms with Crippen LogP contribution in [0, 0.1) is 0 Å². The SMILES string of the molecule is CC(=O)N[C@H]1[C@H]([C@H](O)[C@H](O)CO)OC(O[C@H]2[C@@H](O)[C@@H](CO)O[C@@H](O[C@@H]([C@H](O)[C@H](C=O)NC(C)=O)[C@H](O)CO)[C@@H]2O)(C(=O)O)C[C@@H]1O. The number of aliphatic hydroxyl groups excluding tert-OH is 10. The third kappa shape index (κ3) is 9.11. The van der Waals surface area contributed by atoms with Gasteiger partial charge in [0.1, 0.15) is 73.4 Å². The molecule has 15 atom stereocenters. The molecule has 266 valence electrons. The number of carboxylic acid groups (broad SMARTS) is 1. The lowest BCUT2D eigenvalue weighted by Gasteiger charge is -2.50. The van der Waals surface area contributed by atoms with E-state index in [1.807, 2.05) is 0 Å². The summed E-state index contributed by atoms with van der Waals surface area (Å²) in [6.45, 7) is -1.19. The Balaban J connectivity index is 2.51. The molecule has 13 N–H and O–H groups in total. The van der Waals surface area contributed by atoms with Crippen LogP contribution >= 0.6 is 0 Å². The Morgan fingerprint density at radius 3 is 2.07 bits per heavy atom. The molecule has 2 heterocycles. The van der Waals surface area contributed by atoms with Gasteiger partial charge in [-0.05, 0) is 0 Å². The van der Waals surface area contributed by atoms with Crippen molar-refractivity contribution in [2.75, 3.05) is 19.8 Å². The van der Waals surface area contributed by atoms with E-state index in [9.17, 15) is 75.3 Å². The molecule has 0 radical (unpaired) electrons. The van der Waals surface area contributed by atoms with Crippen LogP contribution in [0.5, 0.6) is 0 Å². The molecule has 21 heteroatoms. The number of carbonyl (C=O) groups excluding carboxylic acids is 3. The first kappa shape index (κ1) is 39.7. The molecule has 2 aliphatic heterocycles. The van der Waals surface area contributed by atoms with Crippen molar-refractivity contribution in [3.63, 3.8) is 0 Å². The fraction of sp³-hybridized carbons (Fsp3) is 0.840. The van der Waals surface area contributed by atoms with E-state index in [1.165, 1.54) is 0 Å². The summed E-state index contributed by atoms with van der Waals surface area (Å²) in [6, 6.07) is -3.30. The summed E-state index contributed by atoms with van der Waals surface area (Å²) in [5, 5.41) is 118. The van der Waals surface area contributed by atoms with Crippen molar-refractivity contribution >= 4 is 24.1 Å². The fourth-order valence-corrected chi connectivity index (χ4v) is 5.07. The Hall–Kier alpha value is -2.48. The summed E-state index contributed by atoms with van der Waals surface area (Å²) in [5.74, 6) is -6.66. The largest absolute Gasteiger partial charge is 0.477 e. The number of aliphatic carboxylic acids is 1. The smallest absolute Gasteiger partial charge is 0.364 e. The van der Waals surface area contributed by atoms with Crippen LogP contribution in [-0.2, 0) is 38.1 Å². The number of aldehydes is 1. The van der Waals surface area contributed by atoms with E-state index >= 15 is 0 Å². The molecule has 2 saturated heterocycles. The lowest BCUT2D eigenvalue weighted by atomic mass is 9.88. The van der Waals surface area contributed by atoms with E-state index in [4.69, 9.17) is 18.9 Å². The van der Waals surface area contributed by atoms with Gasteiger partial charge >= 0.3 is 5.97 Å². The highest BCUT2D eigenvalue weighted by Crippen LogP contribution is 2.37. The number of carboxylic acids is 1. The summed E-state index contributed by atoms with van der Waals surface area (Å²) in [6.07, 6.45) is -25.6. The second-order valence-corrected chi connectivity index (χ2v) is 10.9. The summed E-state index contributed by atoms with van der Waals surface area (Å²) in [4.78, 5) is 47.3. The molecule has 0 bridgehead atoms. The minimum Gasteiger partial charge on any atom is -0.477 e. The Morgan fingerprint density at radius 1 is 0.978 bits per heavy atom. The number of carbonyl (C=O) groups is 4. The molecular weight excluding hydrogens is 632 g/mol. The van der Waals surface area contributed by atoms with E-state index in [0.717, 1.165) is 13.8 Å². The zero-order valence-corrected chi connectivity index (χ0v) is 24.7. The number of nitrogens with one attached hydrogen (secondary N) is 2. The number of aliphatic hydroxyl groups is 10. The molecule has 0 aromatic heterocycles. The summed E-state index contributed by atoms with van der Waals surface area (Å²) in [7, 11) is 0. The highest BCUT2D eigenvalue weighted by Gasteiger charge is 2.59. The first-order valence-electron chi connectivity index (χ1n) is 14.0. The predicted molar refractivity (Wildman–Crippen MR) is 143 cm³/mol. The molecule has 2 fully saturated rings. The molecule has 0 aliphatic carbocycles. The third-order valence-electron chi connectivity index (χ3n) is 7.41. The first-order valence-corrected chi connectivity index (χ1v) is 14.0. The Labute approximate surface area is 260 Å². The van der Waals surface area contributed by atoms with Gasteiger partial charge in [0.15, 0.2) is 6.29 Å². The van der Waals surface area contributed by atoms with Crippen molar-refractivity contribution in [3.8, 4) is 0 Å². The van der Waals surface area contributed by atoms with Crippen molar-refractivity contribution in [2.24, 2.45) is 0 Å². The zero-order valence-electron chi connectivity index (χ0n) is 24.7. The second kappa shape index (κ2) is 17.1. The zero-order chi connectivity index (χ0) is 35.1. The average Bonchev–Trinajstić information content (AvgIpc) is 3.00. The van der Waals surface area contributed by atoms with Crippen LogP contribution in [-0.4, -0.2) is 191 Å². The van der Waals surface area contributed by atoms with Gasteiger partial charge in [-0.1, -0.05) is 0 Å². The standard InChI is InChI=1S/C25H42N2O19/c1-8(32)26-10(4-28)16(37)20(13(36)6-30)44-23-19(40)22(18(39)14(7-31)43-23)46-25(24(41)42)3-11(34)15(27-9(2)33)21(45-25)17(38)12(35)5-29/h4,10-23,29-31,34-40H,3,5-7H2,1-2H3,(H,26,32)(H,27,33)(H,41,42)/t10-,11-,12+,13+,14+,15+,16+,17+,18-,19+,20+,21+,22-,23-,25?/m0/s1. The molecule has 0 saturated carbocycles. The summed E-state index contributed by atoms with van der Waals surface area (Å²) >= 11 is 0. The summed E-state index contributed by atoms with van der Waals surface area (Å²) in [5.41, 5.74) is 0. The molecule has 0 spiro atoms. The summed E-state index contributed by atoms with van der Waals surface area (Å²) < 4.78 is 21.8. The highest BCUT2D eigenvalue weighted by atomic mass is 16.8. The van der Waals surface area contributed by atoms with Gasteiger partial charge in [0.2, 0.25) is 11.8 Å². The predicted octanol–water partition coefficient (Wildman–Crippen LogP) is -8.24. The van der Waals surface area contributed by atoms with Gasteiger partial charge in [-0.15, -0.1) is 0 Å². The van der Waals surface area contributed by atoms with Gasteiger partial charge in [0.05, 0.1) is 32.0 Å². The molecule has 46 heavy (non-hydrogen) atoms. The molecule has 2 aliphatic rings. The molecule has 1 unspecified atom stereocenters. The van der Waals surface area contributed by atoms with Gasteiger partial charge in [0, 0.05) is 20.3 Å². The minimum atomic E-state index is -3.08. The van der Waals surface area contributed by atoms with Gasteiger partial charge < -0.3 is 90.5 Å². The van der Waals surface area contributed by atoms with E-state index in [0.29, 0.717) is 0 Å². The average molecular weight is 675 g/mol. The maximum Gasteiger partial charge on any atom is 0.364 e. The number of hydrogen-bond acceptors (Lipinski definition) is 18. The molecule has 2 rings (SSSR count). The quantitative estimate of drug-likeness (QED) is 0.0676. The van der Waals surface area contributed by atoms with Gasteiger partial charge in [-0.3, -0.25) is 9.59 Å². The second-order valence-electron chi connectivity index (χ2n) is 10.9. The Morgan fingerprint density at radius 2 is 1.59 bits per heavy atom. The third-order valence-corrected chi connectivity index (χ3v) is 7.41. The maximum atomic E-state index is 12.6. The number of rotatable bonds is 16. The van der Waals surface area contributed by atoms with E-state index in [2.05, 4.69) is 10.6 Å². The van der Waals surface area contributed by atoms with Crippen molar-refractivity contribution in [2.45, 2.75) is 112 Å². The molecule has 21 nitrogen and oxygen atoms in total. The van der Waals surface area contributed by atoms with Crippen LogP contribution in [0.25, 0.3) is 0 Å². The van der Waals surface area contributed by atoms with Gasteiger partial charge in [-0.2, -0.15) is 0 Å². The Kier molecular flexibility index (Phi) is 14.7. The fourth-order valence-electron chi connectivity index (χ4n) is 5.07. The number of amides is 2. The van der Waals surface area contributed by atoms with Crippen molar-refractivity contribution < 1.29 is 94.3 Å². The van der Waals surface area contributed by atoms with E-state index < -0.39 is 135 Å². The topological polar surface area (TPSA) is 352 Å². The van der Waals surface area contributed by atoms with Crippen LogP contribution in [0.15, 0.2) is 0 Å². The minimum absolute atomic E-state index is 0.0754. The van der Waals surface area contributed by atoms with Crippen molar-refractivity contribution in [1.29, 1.82) is 0 Å². The van der Waals surface area contributed by atoms with E-state index in [-0.39, 0.29) is 6.29 Å². The first-order chi connectivity index (χ1) is 21.5. The lowest BCUT2D eigenvalue weighted by molar-refractivity contribution is -0.376. The van der Waals surface area contributed by atoms with Gasteiger partial charge in [0.25, 0.3) is 5.79 Å². The van der Waals surface area contributed by atoms with Crippen molar-refractivity contribution in [1.82, 2.24) is 10.6 Å². The Bertz CT molecular complexity index is 1040. The number of ether oxygens (including phenoxy) is 4. The monoisotopic (exact) mass is 674 g/mol. The van der Waals surface area contributed by atoms with Crippen molar-refractivity contribution in [3.05, 3.63) is 0 Å². The normalized spacial score (nSPS) is 35.6. The highest BCUT2D eigenvalue weighted by molar-refractivity contribution is 5.77. The van der Waals surface area contributed by atoms with E-state index in [1.54, 1.807) is 0 Å². The van der Waals surface area contributed by atoms with Crippen LogP contribution in [0.4, 0.5) is 0 Å².